The van der Waals surface area contributed by atoms with E-state index in [1.54, 1.807) is 6.08 Å². The van der Waals surface area contributed by atoms with Gasteiger partial charge in [-0.15, -0.1) is 6.58 Å². The van der Waals surface area contributed by atoms with E-state index < -0.39 is 5.60 Å². The first-order valence-electron chi connectivity index (χ1n) is 19.2. The molecule has 8 heteroatoms. The molecule has 53 heavy (non-hydrogen) atoms. The molecular weight excluding hydrogens is 666 g/mol. The highest BCUT2D eigenvalue weighted by Crippen LogP contribution is 2.51. The molecule has 0 bridgehead atoms. The van der Waals surface area contributed by atoms with Crippen molar-refractivity contribution in [3.63, 3.8) is 0 Å². The van der Waals surface area contributed by atoms with Gasteiger partial charge in [0.25, 0.3) is 0 Å². The van der Waals surface area contributed by atoms with Crippen molar-refractivity contribution in [3.8, 4) is 0 Å². The molecule has 4 atom stereocenters. The molecule has 2 heterocycles. The lowest BCUT2D eigenvalue weighted by Gasteiger charge is -2.34. The molecule has 2 fully saturated rings. The number of ether oxygens (including phenoxy) is 4. The number of esters is 1. The van der Waals surface area contributed by atoms with Gasteiger partial charge in [-0.05, 0) is 121 Å². The highest BCUT2D eigenvalue weighted by atomic mass is 16.6. The molecule has 2 unspecified atom stereocenters. The maximum atomic E-state index is 13.0. The minimum Gasteiger partial charge on any atom is -0.494 e. The van der Waals surface area contributed by atoms with Crippen LogP contribution in [-0.2, 0) is 30.3 Å². The lowest BCUT2D eigenvalue weighted by molar-refractivity contribution is -0.161. The lowest BCUT2D eigenvalue weighted by atomic mass is 9.73. The van der Waals surface area contributed by atoms with Crippen LogP contribution in [0.15, 0.2) is 77.4 Å². The van der Waals surface area contributed by atoms with Gasteiger partial charge in [-0.2, -0.15) is 0 Å². The summed E-state index contributed by atoms with van der Waals surface area (Å²) in [6, 6.07) is 19.0. The van der Waals surface area contributed by atoms with Crippen molar-refractivity contribution in [2.24, 2.45) is 17.8 Å². The van der Waals surface area contributed by atoms with Crippen LogP contribution >= 0.6 is 0 Å². The van der Waals surface area contributed by atoms with Crippen LogP contribution in [0, 0.1) is 17.8 Å². The summed E-state index contributed by atoms with van der Waals surface area (Å²) >= 11 is 0. The molecule has 3 aliphatic carbocycles. The maximum Gasteiger partial charge on any atom is 0.309 e. The molecule has 0 amide bonds. The number of pyridine rings is 1. The molecule has 284 valence electrons. The van der Waals surface area contributed by atoms with E-state index in [9.17, 15) is 4.79 Å². The van der Waals surface area contributed by atoms with E-state index in [-0.39, 0.29) is 46.8 Å². The van der Waals surface area contributed by atoms with Crippen molar-refractivity contribution in [2.75, 3.05) is 13.2 Å². The number of aromatic nitrogens is 1. The molecule has 2 aromatic heterocycles. The second kappa shape index (κ2) is 15.8. The number of hydrogen-bond donors (Lipinski definition) is 0. The summed E-state index contributed by atoms with van der Waals surface area (Å²) in [4.78, 5) is 18.2. The van der Waals surface area contributed by atoms with E-state index in [2.05, 4.69) is 75.9 Å². The summed E-state index contributed by atoms with van der Waals surface area (Å²) in [7, 11) is 0. The summed E-state index contributed by atoms with van der Waals surface area (Å²) in [6.45, 7) is 17.4. The van der Waals surface area contributed by atoms with E-state index in [1.165, 1.54) is 11.1 Å². The van der Waals surface area contributed by atoms with Crippen LogP contribution < -0.4 is 0 Å². The fourth-order valence-corrected chi connectivity index (χ4v) is 8.60. The van der Waals surface area contributed by atoms with Crippen LogP contribution in [0.1, 0.15) is 114 Å². The average Bonchev–Trinajstić information content (AvgIpc) is 3.79. The third-order valence-electron chi connectivity index (χ3n) is 10.9. The SMILES string of the molecule is C=CCOCc1cc2c(oc3ccccc32)c(C2C[C@@H](OC3=Cc4ccccc4C3C3CCC(C(=O)OC(C)(C)C)CC3)C[C@H]2COC(C)(C)C)n1.O. The third kappa shape index (κ3) is 8.72. The first kappa shape index (κ1) is 38.7. The number of rotatable bonds is 11. The predicted octanol–water partition coefficient (Wildman–Crippen LogP) is 9.84. The van der Waals surface area contributed by atoms with Gasteiger partial charge in [0, 0.05) is 22.6 Å². The molecule has 3 aliphatic rings. The van der Waals surface area contributed by atoms with Crippen LogP contribution in [-0.4, -0.2) is 46.9 Å². The van der Waals surface area contributed by atoms with Gasteiger partial charge in [-0.25, -0.2) is 0 Å². The number of para-hydroxylation sites is 1. The molecule has 0 radical (unpaired) electrons. The molecule has 0 saturated heterocycles. The molecule has 2 N–H and O–H groups in total. The number of carbonyl (C=O) groups excluding carboxylic acids is 1. The Morgan fingerprint density at radius 2 is 1.68 bits per heavy atom. The first-order chi connectivity index (χ1) is 24.9. The molecular formula is C45H57NO7. The first-order valence-corrected chi connectivity index (χ1v) is 19.2. The van der Waals surface area contributed by atoms with E-state index in [1.807, 2.05) is 32.9 Å². The average molecular weight is 724 g/mol. The van der Waals surface area contributed by atoms with Crippen molar-refractivity contribution < 1.29 is 33.6 Å². The van der Waals surface area contributed by atoms with E-state index >= 15 is 0 Å². The number of carbonyl (C=O) groups is 1. The van der Waals surface area contributed by atoms with Crippen LogP contribution in [0.4, 0.5) is 0 Å². The Balaban J connectivity index is 0.00000481. The summed E-state index contributed by atoms with van der Waals surface area (Å²) in [6.07, 6.45) is 9.29. The second-order valence-corrected chi connectivity index (χ2v) is 17.1. The van der Waals surface area contributed by atoms with Gasteiger partial charge in [-0.1, -0.05) is 48.5 Å². The lowest BCUT2D eigenvalue weighted by Crippen LogP contribution is -2.32. The predicted molar refractivity (Wildman–Crippen MR) is 209 cm³/mol. The molecule has 2 aromatic carbocycles. The van der Waals surface area contributed by atoms with Crippen molar-refractivity contribution in [1.29, 1.82) is 0 Å². The van der Waals surface area contributed by atoms with Gasteiger partial charge in [0.15, 0.2) is 5.58 Å². The zero-order chi connectivity index (χ0) is 36.6. The van der Waals surface area contributed by atoms with E-state index in [0.717, 1.165) is 77.6 Å². The second-order valence-electron chi connectivity index (χ2n) is 17.1. The molecule has 0 spiro atoms. The fourth-order valence-electron chi connectivity index (χ4n) is 8.60. The minimum absolute atomic E-state index is 0. The standard InChI is InChI=1S/C45H55NO6.H2O/c1-8-21-48-27-32-24-37-35-15-11-12-16-38(35)51-42(37)41(46-32)36-25-33(22-31(36)26-49-44(2,3)4)50-39-23-30-13-9-10-14-34(30)40(39)28-17-19-29(20-18-28)43(47)52-45(5,6)7;/h8-16,23-24,28-29,31,33,36,40H,1,17-22,25-27H2,2-7H3;1H2/t28?,29?,31-,33-,36?,40?;/m0./s1. The van der Waals surface area contributed by atoms with Gasteiger partial charge in [0.2, 0.25) is 0 Å². The Morgan fingerprint density at radius 1 is 0.943 bits per heavy atom. The molecule has 4 aromatic rings. The Hall–Kier alpha value is -3.98. The largest absolute Gasteiger partial charge is 0.494 e. The van der Waals surface area contributed by atoms with Crippen molar-refractivity contribution in [3.05, 3.63) is 95.5 Å². The zero-order valence-corrected chi connectivity index (χ0v) is 32.3. The topological polar surface area (TPSA) is 112 Å². The normalized spacial score (nSPS) is 24.5. The number of benzene rings is 2. The highest BCUT2D eigenvalue weighted by Gasteiger charge is 2.43. The number of nitrogens with zero attached hydrogens (tertiary/aromatic N) is 1. The minimum atomic E-state index is -0.469. The van der Waals surface area contributed by atoms with Crippen LogP contribution in [0.5, 0.6) is 0 Å². The summed E-state index contributed by atoms with van der Waals surface area (Å²) < 4.78 is 31.9. The Bertz CT molecular complexity index is 1940. The highest BCUT2D eigenvalue weighted by molar-refractivity contribution is 6.05. The van der Waals surface area contributed by atoms with Crippen molar-refractivity contribution in [1.82, 2.24) is 4.98 Å². The maximum absolute atomic E-state index is 13.0. The summed E-state index contributed by atoms with van der Waals surface area (Å²) in [5, 5.41) is 2.14. The number of fused-ring (bicyclic) bond motifs is 4. The van der Waals surface area contributed by atoms with Gasteiger partial charge in [0.05, 0.1) is 48.8 Å². The van der Waals surface area contributed by atoms with Crippen LogP contribution in [0.25, 0.3) is 28.0 Å². The smallest absolute Gasteiger partial charge is 0.309 e. The van der Waals surface area contributed by atoms with Crippen LogP contribution in [0.2, 0.25) is 0 Å². The van der Waals surface area contributed by atoms with Crippen LogP contribution in [0.3, 0.4) is 0 Å². The number of allylic oxidation sites excluding steroid dienone is 1. The molecule has 8 nitrogen and oxygen atoms in total. The van der Waals surface area contributed by atoms with Gasteiger partial charge >= 0.3 is 5.97 Å². The monoisotopic (exact) mass is 723 g/mol. The Kier molecular flexibility index (Phi) is 11.5. The van der Waals surface area contributed by atoms with Gasteiger partial charge in [0.1, 0.15) is 16.9 Å². The molecule has 7 rings (SSSR count). The summed E-state index contributed by atoms with van der Waals surface area (Å²) in [5.74, 6) is 1.77. The molecule has 0 aliphatic heterocycles. The Morgan fingerprint density at radius 3 is 2.42 bits per heavy atom. The molecule has 2 saturated carbocycles. The fraction of sp³-hybridized carbons (Fsp3) is 0.511. The van der Waals surface area contributed by atoms with Gasteiger partial charge < -0.3 is 28.8 Å². The summed E-state index contributed by atoms with van der Waals surface area (Å²) in [5.41, 5.74) is 5.36. The van der Waals surface area contributed by atoms with Crippen molar-refractivity contribution >= 4 is 34.0 Å². The number of hydrogen-bond acceptors (Lipinski definition) is 7. The van der Waals surface area contributed by atoms with Crippen molar-refractivity contribution in [2.45, 2.75) is 116 Å². The van der Waals surface area contributed by atoms with E-state index in [0.29, 0.717) is 25.7 Å². The Labute approximate surface area is 314 Å². The van der Waals surface area contributed by atoms with Gasteiger partial charge in [-0.3, -0.25) is 9.78 Å². The van der Waals surface area contributed by atoms with E-state index in [4.69, 9.17) is 28.3 Å². The third-order valence-corrected chi connectivity index (χ3v) is 10.9. The number of furan rings is 1. The zero-order valence-electron chi connectivity index (χ0n) is 32.3. The quantitative estimate of drug-likeness (QED) is 0.0860.